The third-order valence-corrected chi connectivity index (χ3v) is 7.71. The zero-order chi connectivity index (χ0) is 23.7. The Morgan fingerprint density at radius 2 is 1.50 bits per heavy atom. The topological polar surface area (TPSA) is 60.7 Å². The summed E-state index contributed by atoms with van der Waals surface area (Å²) in [6, 6.07) is 12.1. The first-order valence-electron chi connectivity index (χ1n) is 12.3. The number of halogens is 2. The van der Waals surface area contributed by atoms with Gasteiger partial charge >= 0.3 is 6.03 Å². The summed E-state index contributed by atoms with van der Waals surface area (Å²) in [5, 5.41) is 17.6. The van der Waals surface area contributed by atoms with Gasteiger partial charge in [-0.2, -0.15) is 0 Å². The number of rotatable bonds is 5. The molecule has 6 nitrogen and oxygen atoms in total. The molecule has 1 saturated carbocycles. The molecule has 2 fully saturated rings. The lowest BCUT2D eigenvalue weighted by Crippen LogP contribution is -2.54. The largest absolute Gasteiger partial charge is 0.390 e. The molecule has 2 aliphatic rings. The van der Waals surface area contributed by atoms with Crippen molar-refractivity contribution in [3.8, 4) is 0 Å². The van der Waals surface area contributed by atoms with Crippen molar-refractivity contribution in [2.45, 2.75) is 50.8 Å². The Kier molecular flexibility index (Phi) is 7.21. The van der Waals surface area contributed by atoms with Gasteiger partial charge in [-0.1, -0.05) is 42.5 Å². The van der Waals surface area contributed by atoms with Gasteiger partial charge in [0, 0.05) is 70.6 Å². The Morgan fingerprint density at radius 1 is 0.912 bits per heavy atom. The maximum atomic E-state index is 12.6. The van der Waals surface area contributed by atoms with Crippen LogP contribution in [0.5, 0.6) is 0 Å². The molecule has 1 aromatic heterocycles. The molecule has 1 aliphatic heterocycles. The fourth-order valence-corrected chi connectivity index (χ4v) is 5.80. The average molecular weight is 503 g/mol. The van der Waals surface area contributed by atoms with E-state index in [-0.39, 0.29) is 6.03 Å². The van der Waals surface area contributed by atoms with Crippen LogP contribution in [0.1, 0.15) is 32.1 Å². The number of piperazine rings is 1. The molecule has 1 aliphatic carbocycles. The molecule has 2 aromatic carbocycles. The van der Waals surface area contributed by atoms with Crippen LogP contribution in [0.15, 0.2) is 36.4 Å². The van der Waals surface area contributed by atoms with E-state index in [0.717, 1.165) is 47.7 Å². The van der Waals surface area contributed by atoms with Crippen LogP contribution in [0.4, 0.5) is 4.79 Å². The number of amides is 2. The summed E-state index contributed by atoms with van der Waals surface area (Å²) in [5.74, 6) is 0. The molecule has 2 N–H and O–H groups in total. The average Bonchev–Trinajstić information content (AvgIpc) is 3.12. The molecule has 2 heterocycles. The van der Waals surface area contributed by atoms with Gasteiger partial charge in [-0.3, -0.25) is 4.90 Å². The second kappa shape index (κ2) is 10.3. The van der Waals surface area contributed by atoms with Gasteiger partial charge in [-0.25, -0.2) is 4.79 Å². The fourth-order valence-electron chi connectivity index (χ4n) is 5.46. The number of aromatic nitrogens is 1. The number of nitrogens with zero attached hydrogens (tertiary/aromatic N) is 3. The summed E-state index contributed by atoms with van der Waals surface area (Å²) in [6.07, 6.45) is 5.36. The number of benzene rings is 2. The molecule has 2 amide bonds. The molecule has 1 atom stereocenters. The van der Waals surface area contributed by atoms with Crippen LogP contribution in [0.2, 0.25) is 10.0 Å². The highest BCUT2D eigenvalue weighted by Crippen LogP contribution is 2.33. The minimum absolute atomic E-state index is 0.0645. The normalized spacial score (nSPS) is 19.1. The highest BCUT2D eigenvalue weighted by atomic mass is 35.5. The summed E-state index contributed by atoms with van der Waals surface area (Å²) in [6.45, 7) is 3.97. The predicted molar refractivity (Wildman–Crippen MR) is 139 cm³/mol. The van der Waals surface area contributed by atoms with E-state index in [0.29, 0.717) is 42.3 Å². The number of nitrogens with one attached hydrogen (secondary N) is 1. The van der Waals surface area contributed by atoms with Gasteiger partial charge in [0.05, 0.1) is 12.6 Å². The minimum atomic E-state index is -0.534. The van der Waals surface area contributed by atoms with Crippen molar-refractivity contribution >= 4 is 51.0 Å². The molecule has 1 saturated heterocycles. The Labute approximate surface area is 210 Å². The number of urea groups is 1. The second-order valence-electron chi connectivity index (χ2n) is 9.66. The molecule has 5 rings (SSSR count). The van der Waals surface area contributed by atoms with Gasteiger partial charge in [0.25, 0.3) is 0 Å². The standard InChI is InChI=1S/C26H32Cl2N4O2/c27-18-6-8-24-22(14-18)23-15-19(28)7-9-25(23)32(24)17-21(33)16-30-10-12-31(13-11-30)26(34)29-20-4-2-1-3-5-20/h6-9,14-15,20-21,33H,1-5,10-13,16-17H2,(H,29,34). The molecule has 0 bridgehead atoms. The number of hydrogen-bond donors (Lipinski definition) is 2. The predicted octanol–water partition coefficient (Wildman–Crippen LogP) is 5.12. The smallest absolute Gasteiger partial charge is 0.317 e. The monoisotopic (exact) mass is 502 g/mol. The lowest BCUT2D eigenvalue weighted by Gasteiger charge is -2.36. The van der Waals surface area contributed by atoms with Gasteiger partial charge in [0.1, 0.15) is 0 Å². The van der Waals surface area contributed by atoms with Gasteiger partial charge in [0.15, 0.2) is 0 Å². The van der Waals surface area contributed by atoms with Crippen molar-refractivity contribution in [1.29, 1.82) is 0 Å². The van der Waals surface area contributed by atoms with Crippen LogP contribution in [-0.4, -0.2) is 70.4 Å². The molecule has 34 heavy (non-hydrogen) atoms. The number of hydrogen-bond acceptors (Lipinski definition) is 3. The molecule has 0 spiro atoms. The number of carbonyl (C=O) groups excluding carboxylic acids is 1. The van der Waals surface area contributed by atoms with Gasteiger partial charge in [-0.15, -0.1) is 0 Å². The molecule has 0 radical (unpaired) electrons. The van der Waals surface area contributed by atoms with Crippen molar-refractivity contribution < 1.29 is 9.90 Å². The molecule has 1 unspecified atom stereocenters. The number of aliphatic hydroxyl groups is 1. The molecule has 8 heteroatoms. The second-order valence-corrected chi connectivity index (χ2v) is 10.5. The third kappa shape index (κ3) is 5.15. The van der Waals surface area contributed by atoms with E-state index < -0.39 is 6.10 Å². The number of carbonyl (C=O) groups is 1. The fraction of sp³-hybridized carbons (Fsp3) is 0.500. The van der Waals surface area contributed by atoms with E-state index in [1.165, 1.54) is 19.3 Å². The zero-order valence-corrected chi connectivity index (χ0v) is 20.9. The minimum Gasteiger partial charge on any atom is -0.390 e. The van der Waals surface area contributed by atoms with Crippen LogP contribution >= 0.6 is 23.2 Å². The van der Waals surface area contributed by atoms with Gasteiger partial charge in [-0.05, 0) is 49.2 Å². The van der Waals surface area contributed by atoms with E-state index >= 15 is 0 Å². The maximum Gasteiger partial charge on any atom is 0.317 e. The van der Waals surface area contributed by atoms with E-state index in [1.54, 1.807) is 0 Å². The Balaban J connectivity index is 1.20. The first-order valence-corrected chi connectivity index (χ1v) is 13.1. The molecule has 182 valence electrons. The SMILES string of the molecule is O=C(NC1CCCCC1)N1CCN(CC(O)Cn2c3ccc(Cl)cc3c3cc(Cl)ccc32)CC1. The number of β-amino-alcohol motifs (C(OH)–C–C–N with tert-alkyl or cyclic N) is 1. The first kappa shape index (κ1) is 23.7. The van der Waals surface area contributed by atoms with E-state index in [9.17, 15) is 9.90 Å². The molecule has 3 aromatic rings. The Bertz CT molecular complexity index is 1110. The lowest BCUT2D eigenvalue weighted by atomic mass is 9.96. The van der Waals surface area contributed by atoms with E-state index in [1.807, 2.05) is 41.3 Å². The van der Waals surface area contributed by atoms with Crippen LogP contribution in [-0.2, 0) is 6.54 Å². The first-order chi connectivity index (χ1) is 16.5. The third-order valence-electron chi connectivity index (χ3n) is 7.24. The number of aliphatic hydroxyl groups excluding tert-OH is 1. The summed E-state index contributed by atoms with van der Waals surface area (Å²) >= 11 is 12.5. The summed E-state index contributed by atoms with van der Waals surface area (Å²) in [4.78, 5) is 16.8. The summed E-state index contributed by atoms with van der Waals surface area (Å²) in [7, 11) is 0. The van der Waals surface area contributed by atoms with Crippen molar-refractivity contribution in [2.75, 3.05) is 32.7 Å². The quantitative estimate of drug-likeness (QED) is 0.508. The summed E-state index contributed by atoms with van der Waals surface area (Å²) < 4.78 is 2.15. The van der Waals surface area contributed by atoms with Gasteiger partial charge in [0.2, 0.25) is 0 Å². The van der Waals surface area contributed by atoms with Crippen molar-refractivity contribution in [2.24, 2.45) is 0 Å². The van der Waals surface area contributed by atoms with Crippen molar-refractivity contribution in [3.05, 3.63) is 46.4 Å². The van der Waals surface area contributed by atoms with Crippen LogP contribution in [0.25, 0.3) is 21.8 Å². The van der Waals surface area contributed by atoms with E-state index in [2.05, 4.69) is 14.8 Å². The molecular weight excluding hydrogens is 471 g/mol. The van der Waals surface area contributed by atoms with Crippen LogP contribution in [0, 0.1) is 0 Å². The maximum absolute atomic E-state index is 12.6. The summed E-state index contributed by atoms with van der Waals surface area (Å²) in [5.41, 5.74) is 2.06. The highest BCUT2D eigenvalue weighted by molar-refractivity contribution is 6.33. The zero-order valence-electron chi connectivity index (χ0n) is 19.4. The molecular formula is C26H32Cl2N4O2. The van der Waals surface area contributed by atoms with Crippen molar-refractivity contribution in [3.63, 3.8) is 0 Å². The highest BCUT2D eigenvalue weighted by Gasteiger charge is 2.25. The van der Waals surface area contributed by atoms with Crippen LogP contribution < -0.4 is 5.32 Å². The number of fused-ring (bicyclic) bond motifs is 3. The lowest BCUT2D eigenvalue weighted by molar-refractivity contribution is 0.0725. The Hall–Kier alpha value is -1.99. The van der Waals surface area contributed by atoms with Crippen LogP contribution in [0.3, 0.4) is 0 Å². The van der Waals surface area contributed by atoms with Crippen molar-refractivity contribution in [1.82, 2.24) is 19.7 Å². The van der Waals surface area contributed by atoms with Gasteiger partial charge < -0.3 is 19.9 Å². The van der Waals surface area contributed by atoms with E-state index in [4.69, 9.17) is 23.2 Å². The Morgan fingerprint density at radius 3 is 2.09 bits per heavy atom.